The molecule has 1 aliphatic carbocycles. The molecule has 0 saturated carbocycles. The van der Waals surface area contributed by atoms with E-state index in [-0.39, 0.29) is 17.9 Å². The molecule has 6 heteroatoms. The first-order valence-corrected chi connectivity index (χ1v) is 9.56. The number of carbonyl (C=O) groups is 2. The topological polar surface area (TPSA) is 77.4 Å². The fourth-order valence-electron chi connectivity index (χ4n) is 3.26. The molecule has 0 radical (unpaired) electrons. The highest BCUT2D eigenvalue weighted by molar-refractivity contribution is 7.90. The van der Waals surface area contributed by atoms with Crippen molar-refractivity contribution in [2.75, 3.05) is 6.26 Å². The van der Waals surface area contributed by atoms with E-state index in [4.69, 9.17) is 5.11 Å². The summed E-state index contributed by atoms with van der Waals surface area (Å²) in [5.41, 5.74) is 2.13. The minimum atomic E-state index is -1.16. The second-order valence-corrected chi connectivity index (χ2v) is 7.65. The van der Waals surface area contributed by atoms with E-state index in [2.05, 4.69) is 0 Å². The maximum atomic E-state index is 14.5. The van der Waals surface area contributed by atoms with Gasteiger partial charge in [0.2, 0.25) is 0 Å². The molecule has 0 saturated heterocycles. The van der Waals surface area contributed by atoms with Gasteiger partial charge in [0.15, 0.2) is 10.7 Å². The number of benzene rings is 2. The van der Waals surface area contributed by atoms with Gasteiger partial charge in [-0.1, -0.05) is 17.7 Å². The Labute approximate surface area is 153 Å². The average molecular weight is 372 g/mol. The van der Waals surface area contributed by atoms with Gasteiger partial charge in [0.05, 0.1) is 12.0 Å². The third-order valence-electron chi connectivity index (χ3n) is 4.58. The molecule has 0 spiro atoms. The summed E-state index contributed by atoms with van der Waals surface area (Å²) in [5, 5.41) is 9.11. The molecule has 1 N–H and O–H groups in total. The van der Waals surface area contributed by atoms with Crippen molar-refractivity contribution in [2.45, 2.75) is 24.2 Å². The van der Waals surface area contributed by atoms with Crippen molar-refractivity contribution in [1.29, 1.82) is 0 Å². The number of rotatable bonds is 5. The molecule has 0 fully saturated rings. The van der Waals surface area contributed by atoms with Crippen LogP contribution in [0.15, 0.2) is 46.9 Å². The fourth-order valence-corrected chi connectivity index (χ4v) is 3.78. The van der Waals surface area contributed by atoms with Crippen molar-refractivity contribution >= 4 is 29.0 Å². The number of carboxylic acid groups (broad SMARTS) is 1. The van der Waals surface area contributed by atoms with E-state index in [0.717, 1.165) is 5.57 Å². The van der Waals surface area contributed by atoms with Crippen LogP contribution in [0.4, 0.5) is 4.39 Å². The van der Waals surface area contributed by atoms with Crippen molar-refractivity contribution in [2.24, 2.45) is 0 Å². The third-order valence-corrected chi connectivity index (χ3v) is 5.52. The highest BCUT2D eigenvalue weighted by Crippen LogP contribution is 2.41. The lowest BCUT2D eigenvalue weighted by atomic mass is 9.90. The fraction of sp³-hybridized carbons (Fsp3) is 0.200. The van der Waals surface area contributed by atoms with Crippen LogP contribution in [0, 0.1) is 5.82 Å². The average Bonchev–Trinajstić information content (AvgIpc) is 2.89. The Bertz CT molecular complexity index is 916. The lowest BCUT2D eigenvalue weighted by molar-refractivity contribution is -0.137. The van der Waals surface area contributed by atoms with Crippen LogP contribution in [-0.2, 0) is 16.0 Å². The zero-order chi connectivity index (χ0) is 19.0. The zero-order valence-corrected chi connectivity index (χ0v) is 15.1. The van der Waals surface area contributed by atoms with Gasteiger partial charge in [-0.05, 0) is 59.6 Å². The smallest absolute Gasteiger partial charge is 0.304 e. The molecule has 0 aromatic heterocycles. The van der Waals surface area contributed by atoms with E-state index in [0.29, 0.717) is 21.6 Å². The second kappa shape index (κ2) is 7.05. The Morgan fingerprint density at radius 2 is 1.85 bits per heavy atom. The number of hydrogen-bond acceptors (Lipinski definition) is 3. The minimum absolute atomic E-state index is 0.0555. The molecule has 2 aromatic rings. The van der Waals surface area contributed by atoms with Crippen LogP contribution in [0.2, 0.25) is 0 Å². The summed E-state index contributed by atoms with van der Waals surface area (Å²) in [6.45, 7) is 1.78. The number of aliphatic carboxylic acids is 1. The van der Waals surface area contributed by atoms with E-state index in [1.54, 1.807) is 31.2 Å². The monoisotopic (exact) mass is 372 g/mol. The molecule has 134 valence electrons. The van der Waals surface area contributed by atoms with Crippen LogP contribution in [0.1, 0.15) is 46.3 Å². The molecular weight excluding hydrogens is 355 g/mol. The normalized spacial score (nSPS) is 16.8. The number of allylic oxidation sites excluding steroid dienone is 1. The number of ketones is 1. The molecule has 1 aliphatic rings. The van der Waals surface area contributed by atoms with Gasteiger partial charge in [0.1, 0.15) is 12.1 Å². The molecule has 2 aromatic carbocycles. The Kier molecular flexibility index (Phi) is 4.98. The van der Waals surface area contributed by atoms with Crippen LogP contribution >= 0.6 is 0 Å². The summed E-state index contributed by atoms with van der Waals surface area (Å²) in [6.07, 6.45) is 3.12. The van der Waals surface area contributed by atoms with Gasteiger partial charge in [-0.15, -0.1) is 0 Å². The zero-order valence-electron chi connectivity index (χ0n) is 14.3. The molecule has 0 amide bonds. The summed E-state index contributed by atoms with van der Waals surface area (Å²) in [7, 11) is 0. The largest absolute Gasteiger partial charge is 0.612 e. The van der Waals surface area contributed by atoms with Crippen molar-refractivity contribution in [1.82, 2.24) is 0 Å². The van der Waals surface area contributed by atoms with E-state index in [1.165, 1.54) is 24.5 Å². The van der Waals surface area contributed by atoms with Gasteiger partial charge in [0, 0.05) is 11.5 Å². The third kappa shape index (κ3) is 3.30. The summed E-state index contributed by atoms with van der Waals surface area (Å²) in [4.78, 5) is 24.6. The Morgan fingerprint density at radius 3 is 2.42 bits per heavy atom. The van der Waals surface area contributed by atoms with Crippen LogP contribution < -0.4 is 0 Å². The predicted octanol–water partition coefficient (Wildman–Crippen LogP) is 3.77. The second-order valence-electron chi connectivity index (χ2n) is 6.27. The summed E-state index contributed by atoms with van der Waals surface area (Å²) in [5.74, 6) is -2.43. The number of halogens is 1. The van der Waals surface area contributed by atoms with Crippen LogP contribution in [0.25, 0.3) is 6.08 Å². The molecule has 4 nitrogen and oxygen atoms in total. The van der Waals surface area contributed by atoms with Crippen molar-refractivity contribution < 1.29 is 23.6 Å². The molecule has 3 rings (SSSR count). The lowest BCUT2D eigenvalue weighted by Gasteiger charge is -2.14. The molecule has 2 atom stereocenters. The number of hydrogen-bond donors (Lipinski definition) is 1. The SMILES string of the molecule is CC1=Cc2c(ccc(F)c2C(=O)c2ccc([S+](C)[O-])cc2)C1CC(=O)O. The number of carbonyl (C=O) groups excluding carboxylic acids is 1. The summed E-state index contributed by atoms with van der Waals surface area (Å²) in [6, 6.07) is 8.97. The van der Waals surface area contributed by atoms with Crippen molar-refractivity contribution in [3.8, 4) is 0 Å². The molecule has 2 unspecified atom stereocenters. The number of carboxylic acids is 1. The molecule has 0 heterocycles. The lowest BCUT2D eigenvalue weighted by Crippen LogP contribution is -2.10. The molecule has 0 aliphatic heterocycles. The van der Waals surface area contributed by atoms with Crippen molar-refractivity contribution in [3.63, 3.8) is 0 Å². The van der Waals surface area contributed by atoms with Gasteiger partial charge in [-0.3, -0.25) is 9.59 Å². The highest BCUT2D eigenvalue weighted by Gasteiger charge is 2.30. The van der Waals surface area contributed by atoms with Gasteiger partial charge >= 0.3 is 5.97 Å². The summed E-state index contributed by atoms with van der Waals surface area (Å²) < 4.78 is 26.0. The first-order valence-electron chi connectivity index (χ1n) is 8.00. The maximum Gasteiger partial charge on any atom is 0.304 e. The van der Waals surface area contributed by atoms with Crippen LogP contribution in [0.3, 0.4) is 0 Å². The molecular formula is C20H17FO4S. The first kappa shape index (κ1) is 18.4. The molecule has 26 heavy (non-hydrogen) atoms. The Balaban J connectivity index is 2.05. The van der Waals surface area contributed by atoms with Gasteiger partial charge in [0.25, 0.3) is 0 Å². The van der Waals surface area contributed by atoms with E-state index in [1.807, 2.05) is 0 Å². The van der Waals surface area contributed by atoms with Gasteiger partial charge in [-0.2, -0.15) is 0 Å². The minimum Gasteiger partial charge on any atom is -0.612 e. The van der Waals surface area contributed by atoms with Crippen LogP contribution in [-0.4, -0.2) is 27.7 Å². The van der Waals surface area contributed by atoms with Gasteiger partial charge < -0.3 is 9.66 Å². The Morgan fingerprint density at radius 1 is 1.19 bits per heavy atom. The first-order chi connectivity index (χ1) is 12.3. The quantitative estimate of drug-likeness (QED) is 0.640. The molecule has 0 bridgehead atoms. The van der Waals surface area contributed by atoms with E-state index in [9.17, 15) is 18.5 Å². The Hall–Kier alpha value is -2.44. The number of fused-ring (bicyclic) bond motifs is 1. The predicted molar refractivity (Wildman–Crippen MR) is 97.3 cm³/mol. The maximum absolute atomic E-state index is 14.5. The highest BCUT2D eigenvalue weighted by atomic mass is 32.2. The van der Waals surface area contributed by atoms with E-state index >= 15 is 0 Å². The van der Waals surface area contributed by atoms with Crippen LogP contribution in [0.5, 0.6) is 0 Å². The van der Waals surface area contributed by atoms with Crippen molar-refractivity contribution in [3.05, 3.63) is 70.0 Å². The standard InChI is InChI=1S/C20H17FO4S/c1-11-9-16-14(15(11)10-18(22)23)7-8-17(21)19(16)20(24)12-3-5-13(6-4-12)26(2)25/h3-9,15H,10H2,1-2H3,(H,22,23). The van der Waals surface area contributed by atoms with Gasteiger partial charge in [-0.25, -0.2) is 4.39 Å². The van der Waals surface area contributed by atoms with E-state index < -0.39 is 28.7 Å². The summed E-state index contributed by atoms with van der Waals surface area (Å²) >= 11 is -1.16.